The number of carbonyl (C=O) groups is 2. The van der Waals surface area contributed by atoms with E-state index in [0.717, 1.165) is 19.3 Å². The van der Waals surface area contributed by atoms with Crippen LogP contribution in [-0.4, -0.2) is 40.4 Å². The Morgan fingerprint density at radius 3 is 2.69 bits per heavy atom. The van der Waals surface area contributed by atoms with Crippen LogP contribution in [-0.2, 0) is 11.2 Å². The first-order chi connectivity index (χ1) is 12.7. The van der Waals surface area contributed by atoms with Crippen LogP contribution in [0, 0.1) is 0 Å². The predicted octanol–water partition coefficient (Wildman–Crippen LogP) is 3.79. The average molecular weight is 389 g/mol. The molecule has 1 fully saturated rings. The summed E-state index contributed by atoms with van der Waals surface area (Å²) in [6.07, 6.45) is 2.70. The first kappa shape index (κ1) is 19.0. The second kappa shape index (κ2) is 9.24. The van der Waals surface area contributed by atoms with Crippen molar-refractivity contribution < 1.29 is 9.59 Å². The Morgan fingerprint density at radius 1 is 1.19 bits per heavy atom. The first-order valence-corrected chi connectivity index (χ1v) is 10.9. The van der Waals surface area contributed by atoms with E-state index in [9.17, 15) is 9.59 Å². The lowest BCUT2D eigenvalue weighted by atomic mass is 10.1. The molecule has 1 aromatic heterocycles. The van der Waals surface area contributed by atoms with E-state index in [1.54, 1.807) is 16.7 Å². The smallest absolute Gasteiger partial charge is 0.265 e. The molecule has 1 saturated heterocycles. The topological polar surface area (TPSA) is 49.4 Å². The lowest BCUT2D eigenvalue weighted by molar-refractivity contribution is -0.124. The number of amides is 2. The molecule has 6 heteroatoms. The van der Waals surface area contributed by atoms with Crippen molar-refractivity contribution in [2.75, 3.05) is 12.3 Å². The fourth-order valence-electron chi connectivity index (χ4n) is 3.13. The summed E-state index contributed by atoms with van der Waals surface area (Å²) in [4.78, 5) is 28.2. The standard InChI is InChI=1S/C20H24N2O2S2/c1-2-7-18-22(20(24)17-10-6-13-25-17)16(14-26-18)19(23)21-12-11-15-8-4-3-5-9-15/h3-6,8-10,13,16,18H,2,7,11-12,14H2,1H3,(H,21,23). The van der Waals surface area contributed by atoms with Gasteiger partial charge in [-0.1, -0.05) is 49.7 Å². The molecule has 0 saturated carbocycles. The van der Waals surface area contributed by atoms with Gasteiger partial charge in [0.2, 0.25) is 5.91 Å². The van der Waals surface area contributed by atoms with Gasteiger partial charge in [-0.25, -0.2) is 0 Å². The molecule has 4 nitrogen and oxygen atoms in total. The number of carbonyl (C=O) groups excluding carboxylic acids is 2. The molecule has 2 atom stereocenters. The highest BCUT2D eigenvalue weighted by Crippen LogP contribution is 2.34. The Bertz CT molecular complexity index is 719. The van der Waals surface area contributed by atoms with Gasteiger partial charge in [0.25, 0.3) is 5.91 Å². The van der Waals surface area contributed by atoms with Gasteiger partial charge in [-0.15, -0.1) is 23.1 Å². The maximum atomic E-state index is 12.9. The van der Waals surface area contributed by atoms with Crippen LogP contribution >= 0.6 is 23.1 Å². The SMILES string of the molecule is CCCC1SCC(C(=O)NCCc2ccccc2)N1C(=O)c1cccs1. The summed E-state index contributed by atoms with van der Waals surface area (Å²) in [5, 5.41) is 5.01. The maximum Gasteiger partial charge on any atom is 0.265 e. The minimum absolute atomic E-state index is 0.0216. The maximum absolute atomic E-state index is 12.9. The van der Waals surface area contributed by atoms with E-state index in [1.807, 2.05) is 35.7 Å². The molecule has 138 valence electrons. The van der Waals surface area contributed by atoms with Crippen LogP contribution in [0.15, 0.2) is 47.8 Å². The van der Waals surface area contributed by atoms with Crippen molar-refractivity contribution in [3.05, 3.63) is 58.3 Å². The lowest BCUT2D eigenvalue weighted by Gasteiger charge is -2.28. The van der Waals surface area contributed by atoms with Gasteiger partial charge < -0.3 is 10.2 Å². The molecule has 0 radical (unpaired) electrons. The van der Waals surface area contributed by atoms with Gasteiger partial charge >= 0.3 is 0 Å². The minimum atomic E-state index is -0.387. The summed E-state index contributed by atoms with van der Waals surface area (Å²) < 4.78 is 0. The number of hydrogen-bond acceptors (Lipinski definition) is 4. The Hall–Kier alpha value is -1.79. The van der Waals surface area contributed by atoms with Crippen molar-refractivity contribution in [1.82, 2.24) is 10.2 Å². The summed E-state index contributed by atoms with van der Waals surface area (Å²) in [5.74, 6) is 0.600. The van der Waals surface area contributed by atoms with Crippen LogP contribution in [0.3, 0.4) is 0 Å². The Labute approximate surface area is 163 Å². The normalized spacial score (nSPS) is 19.5. The highest BCUT2D eigenvalue weighted by molar-refractivity contribution is 8.00. The van der Waals surface area contributed by atoms with Gasteiger partial charge in [0.15, 0.2) is 0 Å². The van der Waals surface area contributed by atoms with Gasteiger partial charge in [-0.2, -0.15) is 0 Å². The van der Waals surface area contributed by atoms with Crippen molar-refractivity contribution in [2.45, 2.75) is 37.6 Å². The molecule has 2 heterocycles. The molecular weight excluding hydrogens is 364 g/mol. The molecule has 2 amide bonds. The summed E-state index contributed by atoms with van der Waals surface area (Å²) in [5.41, 5.74) is 1.20. The van der Waals surface area contributed by atoms with E-state index in [4.69, 9.17) is 0 Å². The molecule has 0 bridgehead atoms. The van der Waals surface area contributed by atoms with Gasteiger partial charge in [0, 0.05) is 12.3 Å². The van der Waals surface area contributed by atoms with Crippen molar-refractivity contribution >= 4 is 34.9 Å². The molecule has 1 aliphatic heterocycles. The number of rotatable bonds is 7. The fraction of sp³-hybridized carbons (Fsp3) is 0.400. The molecule has 3 rings (SSSR count). The monoisotopic (exact) mass is 388 g/mol. The largest absolute Gasteiger partial charge is 0.354 e. The summed E-state index contributed by atoms with van der Waals surface area (Å²) in [7, 11) is 0. The number of hydrogen-bond donors (Lipinski definition) is 1. The molecule has 2 aromatic rings. The fourth-order valence-corrected chi connectivity index (χ4v) is 5.32. The van der Waals surface area contributed by atoms with E-state index >= 15 is 0 Å². The van der Waals surface area contributed by atoms with Gasteiger partial charge in [-0.3, -0.25) is 9.59 Å². The Kier molecular flexibility index (Phi) is 6.74. The van der Waals surface area contributed by atoms with E-state index in [0.29, 0.717) is 17.2 Å². The van der Waals surface area contributed by atoms with Crippen LogP contribution in [0.5, 0.6) is 0 Å². The van der Waals surface area contributed by atoms with Gasteiger partial charge in [0.1, 0.15) is 6.04 Å². The van der Waals surface area contributed by atoms with Crippen molar-refractivity contribution in [3.63, 3.8) is 0 Å². The van der Waals surface area contributed by atoms with Crippen LogP contribution in [0.1, 0.15) is 35.0 Å². The molecule has 0 aliphatic carbocycles. The first-order valence-electron chi connectivity index (χ1n) is 9.00. The highest BCUT2D eigenvalue weighted by atomic mass is 32.2. The van der Waals surface area contributed by atoms with E-state index in [-0.39, 0.29) is 23.2 Å². The predicted molar refractivity (Wildman–Crippen MR) is 109 cm³/mol. The zero-order valence-electron chi connectivity index (χ0n) is 14.9. The minimum Gasteiger partial charge on any atom is -0.354 e. The molecule has 26 heavy (non-hydrogen) atoms. The van der Waals surface area contributed by atoms with Crippen LogP contribution in [0.4, 0.5) is 0 Å². The third-order valence-corrected chi connectivity index (χ3v) is 6.67. The summed E-state index contributed by atoms with van der Waals surface area (Å²) >= 11 is 3.15. The second-order valence-corrected chi connectivity index (χ2v) is 8.47. The number of benzene rings is 1. The lowest BCUT2D eigenvalue weighted by Crippen LogP contribution is -2.50. The quantitative estimate of drug-likeness (QED) is 0.785. The van der Waals surface area contributed by atoms with E-state index in [2.05, 4.69) is 24.4 Å². The summed E-state index contributed by atoms with van der Waals surface area (Å²) in [6.45, 7) is 2.70. The van der Waals surface area contributed by atoms with Crippen molar-refractivity contribution in [3.8, 4) is 0 Å². The van der Waals surface area contributed by atoms with E-state index < -0.39 is 0 Å². The van der Waals surface area contributed by atoms with Crippen LogP contribution in [0.25, 0.3) is 0 Å². The number of thiophene rings is 1. The zero-order valence-corrected chi connectivity index (χ0v) is 16.5. The third kappa shape index (κ3) is 4.48. The highest BCUT2D eigenvalue weighted by Gasteiger charge is 2.41. The molecule has 0 spiro atoms. The molecule has 1 N–H and O–H groups in total. The number of nitrogens with one attached hydrogen (secondary N) is 1. The van der Waals surface area contributed by atoms with Crippen molar-refractivity contribution in [2.24, 2.45) is 0 Å². The third-order valence-electron chi connectivity index (χ3n) is 4.45. The van der Waals surface area contributed by atoms with Crippen LogP contribution in [0.2, 0.25) is 0 Å². The van der Waals surface area contributed by atoms with Crippen molar-refractivity contribution in [1.29, 1.82) is 0 Å². The molecule has 2 unspecified atom stereocenters. The average Bonchev–Trinajstić information content (AvgIpc) is 3.32. The van der Waals surface area contributed by atoms with Gasteiger partial charge in [0.05, 0.1) is 10.3 Å². The summed E-state index contributed by atoms with van der Waals surface area (Å²) in [6, 6.07) is 13.4. The van der Waals surface area contributed by atoms with E-state index in [1.165, 1.54) is 16.9 Å². The number of nitrogens with zero attached hydrogens (tertiary/aromatic N) is 1. The second-order valence-electron chi connectivity index (χ2n) is 6.31. The Morgan fingerprint density at radius 2 is 2.00 bits per heavy atom. The van der Waals surface area contributed by atoms with Gasteiger partial charge in [-0.05, 0) is 29.9 Å². The Balaban J connectivity index is 1.64. The molecule has 1 aromatic carbocycles. The number of thioether (sulfide) groups is 1. The molecular formula is C20H24N2O2S2. The van der Waals surface area contributed by atoms with Crippen LogP contribution < -0.4 is 5.32 Å². The molecule has 1 aliphatic rings. The zero-order chi connectivity index (χ0) is 18.4.